The Bertz CT molecular complexity index is 344. The van der Waals surface area contributed by atoms with Gasteiger partial charge in [0, 0.05) is 12.1 Å². The van der Waals surface area contributed by atoms with Crippen molar-refractivity contribution in [3.05, 3.63) is 35.4 Å². The maximum absolute atomic E-state index is 11.7. The van der Waals surface area contributed by atoms with Crippen LogP contribution >= 0.6 is 0 Å². The van der Waals surface area contributed by atoms with E-state index >= 15 is 0 Å². The summed E-state index contributed by atoms with van der Waals surface area (Å²) in [5.41, 5.74) is 1.91. The molecule has 0 aliphatic heterocycles. The van der Waals surface area contributed by atoms with E-state index in [1.807, 2.05) is 24.3 Å². The third kappa shape index (κ3) is 5.00. The van der Waals surface area contributed by atoms with E-state index in [1.54, 1.807) is 6.92 Å². The third-order valence-corrected chi connectivity index (χ3v) is 2.59. The lowest BCUT2D eigenvalue weighted by Crippen LogP contribution is -2.30. The van der Waals surface area contributed by atoms with E-state index < -0.39 is 6.10 Å². The number of aliphatic hydroxyl groups is 1. The topological polar surface area (TPSA) is 49.3 Å². The van der Waals surface area contributed by atoms with Crippen LogP contribution in [0.2, 0.25) is 0 Å². The molecule has 0 unspecified atom stereocenters. The van der Waals surface area contributed by atoms with Crippen LogP contribution in [0.15, 0.2) is 24.3 Å². The Hall–Kier alpha value is -1.35. The summed E-state index contributed by atoms with van der Waals surface area (Å²) in [5, 5.41) is 11.7. The fourth-order valence-electron chi connectivity index (χ4n) is 1.55. The summed E-state index contributed by atoms with van der Waals surface area (Å²) in [6.45, 7) is 4.10. The number of hydrogen-bond donors (Lipinski definition) is 2. The molecular weight excluding hydrogens is 214 g/mol. The number of hydrogen-bond acceptors (Lipinski definition) is 2. The van der Waals surface area contributed by atoms with Crippen LogP contribution in [0.5, 0.6) is 0 Å². The lowest BCUT2D eigenvalue weighted by molar-refractivity contribution is 0.0924. The molecule has 1 aromatic carbocycles. The molecule has 1 rings (SSSR count). The van der Waals surface area contributed by atoms with Gasteiger partial charge in [0.1, 0.15) is 0 Å². The van der Waals surface area contributed by atoms with Crippen LogP contribution in [0.3, 0.4) is 0 Å². The number of benzene rings is 1. The zero-order valence-corrected chi connectivity index (χ0v) is 10.6. The van der Waals surface area contributed by atoms with Crippen LogP contribution in [0.4, 0.5) is 0 Å². The Balaban J connectivity index is 2.51. The average Bonchev–Trinajstić information content (AvgIpc) is 2.34. The third-order valence-electron chi connectivity index (χ3n) is 2.59. The molecule has 0 fully saturated rings. The van der Waals surface area contributed by atoms with Gasteiger partial charge < -0.3 is 10.4 Å². The van der Waals surface area contributed by atoms with Crippen molar-refractivity contribution in [1.29, 1.82) is 0 Å². The van der Waals surface area contributed by atoms with Crippen LogP contribution in [-0.4, -0.2) is 23.7 Å². The molecule has 0 spiro atoms. The maximum atomic E-state index is 11.7. The van der Waals surface area contributed by atoms with Gasteiger partial charge in [-0.3, -0.25) is 4.79 Å². The molecule has 0 saturated carbocycles. The van der Waals surface area contributed by atoms with Gasteiger partial charge in [-0.05, 0) is 37.5 Å². The number of aryl methyl sites for hydroxylation is 1. The highest BCUT2D eigenvalue weighted by atomic mass is 16.3. The first-order valence-corrected chi connectivity index (χ1v) is 6.18. The van der Waals surface area contributed by atoms with Crippen LogP contribution in [-0.2, 0) is 6.42 Å². The molecule has 0 bridgehead atoms. The second kappa shape index (κ2) is 7.07. The van der Waals surface area contributed by atoms with Gasteiger partial charge in [0.2, 0.25) is 0 Å². The molecule has 17 heavy (non-hydrogen) atoms. The molecule has 1 aromatic rings. The van der Waals surface area contributed by atoms with Crippen molar-refractivity contribution >= 4 is 5.91 Å². The predicted molar refractivity (Wildman–Crippen MR) is 69.1 cm³/mol. The number of carbonyl (C=O) groups is 1. The van der Waals surface area contributed by atoms with E-state index in [-0.39, 0.29) is 12.5 Å². The van der Waals surface area contributed by atoms with Crippen LogP contribution in [0.1, 0.15) is 42.6 Å². The number of carbonyl (C=O) groups excluding carboxylic acids is 1. The van der Waals surface area contributed by atoms with Crippen LogP contribution in [0.25, 0.3) is 0 Å². The number of nitrogens with one attached hydrogen (secondary N) is 1. The van der Waals surface area contributed by atoms with Crippen LogP contribution < -0.4 is 5.32 Å². The molecule has 1 atom stereocenters. The number of aliphatic hydroxyl groups excluding tert-OH is 1. The van der Waals surface area contributed by atoms with Crippen molar-refractivity contribution in [3.63, 3.8) is 0 Å². The SMILES string of the molecule is CCCCc1ccc(C(=O)NC[C@@H](C)O)cc1. The monoisotopic (exact) mass is 235 g/mol. The van der Waals surface area contributed by atoms with Crippen molar-refractivity contribution in [3.8, 4) is 0 Å². The quantitative estimate of drug-likeness (QED) is 0.793. The Kier molecular flexibility index (Phi) is 5.70. The molecule has 1 amide bonds. The van der Waals surface area contributed by atoms with Crippen molar-refractivity contribution in [2.24, 2.45) is 0 Å². The molecule has 94 valence electrons. The highest BCUT2D eigenvalue weighted by molar-refractivity contribution is 5.94. The molecule has 0 saturated heterocycles. The van der Waals surface area contributed by atoms with Gasteiger partial charge in [0.25, 0.3) is 5.91 Å². The number of rotatable bonds is 6. The van der Waals surface area contributed by atoms with E-state index in [2.05, 4.69) is 12.2 Å². The molecule has 0 heterocycles. The molecule has 0 radical (unpaired) electrons. The molecule has 0 aromatic heterocycles. The number of amides is 1. The minimum Gasteiger partial charge on any atom is -0.392 e. The zero-order chi connectivity index (χ0) is 12.7. The lowest BCUT2D eigenvalue weighted by Gasteiger charge is -2.07. The Morgan fingerprint density at radius 2 is 2.00 bits per heavy atom. The van der Waals surface area contributed by atoms with E-state index in [9.17, 15) is 4.79 Å². The normalized spacial score (nSPS) is 12.2. The molecular formula is C14H21NO2. The Morgan fingerprint density at radius 3 is 2.53 bits per heavy atom. The first-order chi connectivity index (χ1) is 8.13. The van der Waals surface area contributed by atoms with Gasteiger partial charge in [0.15, 0.2) is 0 Å². The highest BCUT2D eigenvalue weighted by Crippen LogP contribution is 2.07. The number of unbranched alkanes of at least 4 members (excludes halogenated alkanes) is 1. The smallest absolute Gasteiger partial charge is 0.251 e. The summed E-state index contributed by atoms with van der Waals surface area (Å²) in [6.07, 6.45) is 2.90. The van der Waals surface area contributed by atoms with Crippen LogP contribution in [0, 0.1) is 0 Å². The molecule has 3 heteroatoms. The van der Waals surface area contributed by atoms with Gasteiger partial charge in [-0.2, -0.15) is 0 Å². The average molecular weight is 235 g/mol. The summed E-state index contributed by atoms with van der Waals surface area (Å²) in [6, 6.07) is 7.66. The fraction of sp³-hybridized carbons (Fsp3) is 0.500. The van der Waals surface area contributed by atoms with Gasteiger partial charge in [-0.15, -0.1) is 0 Å². The minimum absolute atomic E-state index is 0.132. The second-order valence-corrected chi connectivity index (χ2v) is 4.36. The predicted octanol–water partition coefficient (Wildman–Crippen LogP) is 2.14. The second-order valence-electron chi connectivity index (χ2n) is 4.36. The van der Waals surface area contributed by atoms with Crippen molar-refractivity contribution in [1.82, 2.24) is 5.32 Å². The molecule has 2 N–H and O–H groups in total. The van der Waals surface area contributed by atoms with Gasteiger partial charge in [0.05, 0.1) is 6.10 Å². The summed E-state index contributed by atoms with van der Waals surface area (Å²) < 4.78 is 0. The van der Waals surface area contributed by atoms with Gasteiger partial charge in [-0.1, -0.05) is 25.5 Å². The van der Waals surface area contributed by atoms with E-state index in [1.165, 1.54) is 18.4 Å². The fourth-order valence-corrected chi connectivity index (χ4v) is 1.55. The lowest BCUT2D eigenvalue weighted by atomic mass is 10.1. The minimum atomic E-state index is -0.511. The Morgan fingerprint density at radius 1 is 1.35 bits per heavy atom. The van der Waals surface area contributed by atoms with E-state index in [4.69, 9.17) is 5.11 Å². The molecule has 0 aliphatic rings. The van der Waals surface area contributed by atoms with Gasteiger partial charge in [-0.25, -0.2) is 0 Å². The summed E-state index contributed by atoms with van der Waals surface area (Å²) in [5.74, 6) is -0.132. The standard InChI is InChI=1S/C14H21NO2/c1-3-4-5-12-6-8-13(9-7-12)14(17)15-10-11(2)16/h6-9,11,16H,3-5,10H2,1-2H3,(H,15,17)/t11-/m1/s1. The zero-order valence-electron chi connectivity index (χ0n) is 10.6. The highest BCUT2D eigenvalue weighted by Gasteiger charge is 2.05. The Labute approximate surface area is 103 Å². The maximum Gasteiger partial charge on any atom is 0.251 e. The molecule has 0 aliphatic carbocycles. The molecule has 3 nitrogen and oxygen atoms in total. The van der Waals surface area contributed by atoms with Gasteiger partial charge >= 0.3 is 0 Å². The van der Waals surface area contributed by atoms with Crippen molar-refractivity contribution in [2.75, 3.05) is 6.54 Å². The largest absolute Gasteiger partial charge is 0.392 e. The first kappa shape index (κ1) is 13.7. The van der Waals surface area contributed by atoms with Crippen molar-refractivity contribution < 1.29 is 9.90 Å². The first-order valence-electron chi connectivity index (χ1n) is 6.18. The summed E-state index contributed by atoms with van der Waals surface area (Å²) in [4.78, 5) is 11.7. The van der Waals surface area contributed by atoms with E-state index in [0.717, 1.165) is 6.42 Å². The summed E-state index contributed by atoms with van der Waals surface area (Å²) in [7, 11) is 0. The van der Waals surface area contributed by atoms with E-state index in [0.29, 0.717) is 5.56 Å². The van der Waals surface area contributed by atoms with Crippen molar-refractivity contribution in [2.45, 2.75) is 39.2 Å². The summed E-state index contributed by atoms with van der Waals surface area (Å²) >= 11 is 0.